The number of nitrogens with zero attached hydrogens (tertiary/aromatic N) is 3. The molecule has 3 heterocycles. The molecule has 3 aliphatic rings. The van der Waals surface area contributed by atoms with Crippen molar-refractivity contribution in [1.29, 1.82) is 0 Å². The number of aromatic nitrogens is 2. The molecule has 2 saturated heterocycles. The predicted octanol–water partition coefficient (Wildman–Crippen LogP) is 0.476. The molecule has 1 saturated carbocycles. The highest BCUT2D eigenvalue weighted by molar-refractivity contribution is 7.93. The van der Waals surface area contributed by atoms with Crippen LogP contribution >= 0.6 is 0 Å². The van der Waals surface area contributed by atoms with Crippen LogP contribution in [0.4, 0.5) is 0 Å². The zero-order valence-corrected chi connectivity index (χ0v) is 14.7. The van der Waals surface area contributed by atoms with Gasteiger partial charge in [0, 0.05) is 38.9 Å². The van der Waals surface area contributed by atoms with Gasteiger partial charge < -0.3 is 9.64 Å². The van der Waals surface area contributed by atoms with Gasteiger partial charge in [0.2, 0.25) is 0 Å². The lowest BCUT2D eigenvalue weighted by molar-refractivity contribution is 0.0222. The second kappa shape index (κ2) is 5.56. The minimum Gasteiger partial charge on any atom is -0.381 e. The Morgan fingerprint density at radius 2 is 2.08 bits per heavy atom. The molecule has 0 aromatic carbocycles. The third-order valence-electron chi connectivity index (χ3n) is 5.71. The molecule has 0 unspecified atom stereocenters. The van der Waals surface area contributed by atoms with Crippen LogP contribution in [0.3, 0.4) is 0 Å². The summed E-state index contributed by atoms with van der Waals surface area (Å²) >= 11 is 0. The quantitative estimate of drug-likeness (QED) is 0.769. The highest BCUT2D eigenvalue weighted by Gasteiger charge is 2.62. The highest BCUT2D eigenvalue weighted by Crippen LogP contribution is 2.45. The van der Waals surface area contributed by atoms with E-state index in [9.17, 15) is 13.2 Å². The van der Waals surface area contributed by atoms with E-state index >= 15 is 0 Å². The van der Waals surface area contributed by atoms with E-state index in [4.69, 9.17) is 4.74 Å². The molecule has 0 radical (unpaired) electrons. The maximum absolute atomic E-state index is 12.6. The number of amides is 1. The number of rotatable bonds is 5. The first kappa shape index (κ1) is 16.1. The smallest absolute Gasteiger partial charge is 0.272 e. The van der Waals surface area contributed by atoms with E-state index in [0.717, 1.165) is 6.61 Å². The summed E-state index contributed by atoms with van der Waals surface area (Å²) in [5, 5.41) is 4.00. The standard InChI is InChI=1S/C16H23N3O4S/c1-18-14(4-6-17-18)15(20)19-10-16(11-19)13(5-7-24(16,21)22)9-23-8-12-2-3-12/h4,6,12-13H,2-3,5,7-11H2,1H3/t13-/m1/s1. The first-order chi connectivity index (χ1) is 11.4. The number of hydrogen-bond donors (Lipinski definition) is 0. The zero-order valence-electron chi connectivity index (χ0n) is 13.8. The van der Waals surface area contributed by atoms with E-state index in [1.54, 1.807) is 24.2 Å². The summed E-state index contributed by atoms with van der Waals surface area (Å²) in [7, 11) is -1.46. The molecular formula is C16H23N3O4S. The van der Waals surface area contributed by atoms with Gasteiger partial charge in [-0.05, 0) is 31.2 Å². The maximum Gasteiger partial charge on any atom is 0.272 e. The van der Waals surface area contributed by atoms with Gasteiger partial charge in [0.05, 0.1) is 12.4 Å². The van der Waals surface area contributed by atoms with Crippen LogP contribution in [-0.4, -0.2) is 65.8 Å². The number of aryl methyl sites for hydroxylation is 1. The second-order valence-electron chi connectivity index (χ2n) is 7.35. The topological polar surface area (TPSA) is 81.5 Å². The molecular weight excluding hydrogens is 330 g/mol. The molecule has 7 nitrogen and oxygen atoms in total. The maximum atomic E-state index is 12.6. The van der Waals surface area contributed by atoms with E-state index in [2.05, 4.69) is 5.10 Å². The van der Waals surface area contributed by atoms with Crippen molar-refractivity contribution in [2.75, 3.05) is 32.1 Å². The molecule has 8 heteroatoms. The van der Waals surface area contributed by atoms with Gasteiger partial charge >= 0.3 is 0 Å². The van der Waals surface area contributed by atoms with Crippen molar-refractivity contribution in [3.8, 4) is 0 Å². The molecule has 0 N–H and O–H groups in total. The second-order valence-corrected chi connectivity index (χ2v) is 9.80. The lowest BCUT2D eigenvalue weighted by Crippen LogP contribution is -2.68. The first-order valence-electron chi connectivity index (χ1n) is 8.50. The molecule has 1 aromatic rings. The van der Waals surface area contributed by atoms with Crippen LogP contribution < -0.4 is 0 Å². The van der Waals surface area contributed by atoms with Crippen molar-refractivity contribution in [3.05, 3.63) is 18.0 Å². The minimum atomic E-state index is -3.18. The number of sulfone groups is 1. The number of carbonyl (C=O) groups excluding carboxylic acids is 1. The third kappa shape index (κ3) is 2.47. The number of ether oxygens (including phenoxy) is 1. The van der Waals surface area contributed by atoms with Crippen LogP contribution in [0.25, 0.3) is 0 Å². The van der Waals surface area contributed by atoms with Crippen molar-refractivity contribution in [2.24, 2.45) is 18.9 Å². The summed E-state index contributed by atoms with van der Waals surface area (Å²) in [6, 6.07) is 1.66. The van der Waals surface area contributed by atoms with Crippen LogP contribution in [0, 0.1) is 11.8 Å². The summed E-state index contributed by atoms with van der Waals surface area (Å²) in [5.74, 6) is 0.721. The molecule has 1 aromatic heterocycles. The fourth-order valence-electron chi connectivity index (χ4n) is 3.86. The number of carbonyl (C=O) groups is 1. The van der Waals surface area contributed by atoms with Gasteiger partial charge in [-0.1, -0.05) is 0 Å². The number of hydrogen-bond acceptors (Lipinski definition) is 5. The molecule has 4 rings (SSSR count). The summed E-state index contributed by atoms with van der Waals surface area (Å²) in [4.78, 5) is 14.1. The van der Waals surface area contributed by atoms with Gasteiger partial charge in [0.1, 0.15) is 10.4 Å². The lowest BCUT2D eigenvalue weighted by Gasteiger charge is -2.49. The van der Waals surface area contributed by atoms with Crippen molar-refractivity contribution in [2.45, 2.75) is 24.0 Å². The predicted molar refractivity (Wildman–Crippen MR) is 87.3 cm³/mol. The molecule has 1 spiro atoms. The van der Waals surface area contributed by atoms with E-state index in [-0.39, 0.29) is 30.7 Å². The SMILES string of the molecule is Cn1nccc1C(=O)N1CC2(C1)[C@@H](COCC1CC1)CCS2(=O)=O. The fourth-order valence-corrected chi connectivity index (χ4v) is 6.26. The Kier molecular flexibility index (Phi) is 3.72. The number of likely N-dealkylation sites (tertiary alicyclic amines) is 1. The van der Waals surface area contributed by atoms with Gasteiger partial charge in [-0.2, -0.15) is 5.10 Å². The van der Waals surface area contributed by atoms with Gasteiger partial charge in [-0.15, -0.1) is 0 Å². The Labute approximate surface area is 141 Å². The molecule has 132 valence electrons. The molecule has 0 bridgehead atoms. The molecule has 1 amide bonds. The summed E-state index contributed by atoms with van der Waals surface area (Å²) in [6.07, 6.45) is 4.66. The minimum absolute atomic E-state index is 0.00293. The highest BCUT2D eigenvalue weighted by atomic mass is 32.2. The fraction of sp³-hybridized carbons (Fsp3) is 0.750. The van der Waals surface area contributed by atoms with Gasteiger partial charge in [-0.25, -0.2) is 8.42 Å². The largest absolute Gasteiger partial charge is 0.381 e. The van der Waals surface area contributed by atoms with Crippen molar-refractivity contribution < 1.29 is 17.9 Å². The van der Waals surface area contributed by atoms with Crippen LogP contribution in [0.15, 0.2) is 12.3 Å². The Balaban J connectivity index is 1.44. The van der Waals surface area contributed by atoms with Crippen molar-refractivity contribution >= 4 is 15.7 Å². The van der Waals surface area contributed by atoms with E-state index in [1.807, 2.05) is 0 Å². The van der Waals surface area contributed by atoms with Crippen LogP contribution in [0.5, 0.6) is 0 Å². The Morgan fingerprint density at radius 1 is 1.33 bits per heavy atom. The summed E-state index contributed by atoms with van der Waals surface area (Å²) < 4.78 is 31.7. The Hall–Kier alpha value is -1.41. The molecule has 24 heavy (non-hydrogen) atoms. The molecule has 1 atom stereocenters. The van der Waals surface area contributed by atoms with Gasteiger partial charge in [-0.3, -0.25) is 9.48 Å². The van der Waals surface area contributed by atoms with Gasteiger partial charge in [0.25, 0.3) is 5.91 Å². The zero-order chi connectivity index (χ0) is 16.9. The average Bonchev–Trinajstić information content (AvgIpc) is 3.14. The lowest BCUT2D eigenvalue weighted by atomic mass is 9.83. The normalized spacial score (nSPS) is 27.4. The first-order valence-corrected chi connectivity index (χ1v) is 10.2. The summed E-state index contributed by atoms with van der Waals surface area (Å²) in [6.45, 7) is 1.78. The van der Waals surface area contributed by atoms with E-state index in [0.29, 0.717) is 24.6 Å². The van der Waals surface area contributed by atoms with E-state index in [1.165, 1.54) is 17.5 Å². The monoisotopic (exact) mass is 353 g/mol. The molecule has 1 aliphatic carbocycles. The third-order valence-corrected chi connectivity index (χ3v) is 8.32. The van der Waals surface area contributed by atoms with Crippen molar-refractivity contribution in [1.82, 2.24) is 14.7 Å². The summed E-state index contributed by atoms with van der Waals surface area (Å²) in [5.41, 5.74) is 0.488. The average molecular weight is 353 g/mol. The molecule has 3 fully saturated rings. The Bertz CT molecular complexity index is 747. The Morgan fingerprint density at radius 3 is 2.71 bits per heavy atom. The van der Waals surface area contributed by atoms with Crippen LogP contribution in [-0.2, 0) is 21.6 Å². The van der Waals surface area contributed by atoms with E-state index < -0.39 is 14.6 Å². The molecule has 2 aliphatic heterocycles. The van der Waals surface area contributed by atoms with Gasteiger partial charge in [0.15, 0.2) is 9.84 Å². The van der Waals surface area contributed by atoms with Crippen molar-refractivity contribution in [3.63, 3.8) is 0 Å². The van der Waals surface area contributed by atoms with Crippen LogP contribution in [0.1, 0.15) is 29.8 Å². The van der Waals surface area contributed by atoms with Crippen LogP contribution in [0.2, 0.25) is 0 Å².